The Morgan fingerprint density at radius 1 is 0.643 bits per heavy atom. The van der Waals surface area contributed by atoms with Crippen molar-refractivity contribution < 1.29 is 4.70 Å². The van der Waals surface area contributed by atoms with Crippen LogP contribution < -0.4 is 0 Å². The van der Waals surface area contributed by atoms with Crippen LogP contribution in [-0.4, -0.2) is 0 Å². The van der Waals surface area contributed by atoms with Gasteiger partial charge < -0.3 is 0 Å². The Morgan fingerprint density at radius 3 is 1.57 bits per heavy atom. The van der Waals surface area contributed by atoms with Gasteiger partial charge in [-0.2, -0.15) is 0 Å². The molecule has 1 aliphatic carbocycles. The van der Waals surface area contributed by atoms with Gasteiger partial charge in [0.15, 0.2) is 0 Å². The van der Waals surface area contributed by atoms with Crippen molar-refractivity contribution in [3.05, 3.63) is 59.7 Å². The first kappa shape index (κ1) is 8.95. The van der Waals surface area contributed by atoms with E-state index in [1.165, 1.54) is 22.3 Å². The predicted octanol–water partition coefficient (Wildman–Crippen LogP) is 3.41. The quantitative estimate of drug-likeness (QED) is 0.504. The summed E-state index contributed by atoms with van der Waals surface area (Å²) in [5, 5.41) is 0. The van der Waals surface area contributed by atoms with Crippen LogP contribution in [0, 0.1) is 0 Å². The zero-order valence-corrected chi connectivity index (χ0v) is 7.73. The summed E-state index contributed by atoms with van der Waals surface area (Å²) in [7, 11) is 0. The summed E-state index contributed by atoms with van der Waals surface area (Å²) in [5.74, 6) is 0. The molecule has 0 radical (unpaired) electrons. The Morgan fingerprint density at radius 2 is 1.07 bits per heavy atom. The van der Waals surface area contributed by atoms with E-state index in [1.54, 1.807) is 0 Å². The molecular weight excluding hydrogens is 175 g/mol. The fourth-order valence-electron chi connectivity index (χ4n) is 2.08. The third-order valence-electron chi connectivity index (χ3n) is 2.71. The molecule has 1 heteroatoms. The molecule has 0 aliphatic heterocycles. The number of fused-ring (bicyclic) bond motifs is 3. The van der Waals surface area contributed by atoms with E-state index >= 15 is 0 Å². The van der Waals surface area contributed by atoms with Gasteiger partial charge in [-0.15, -0.1) is 0 Å². The summed E-state index contributed by atoms with van der Waals surface area (Å²) in [6.07, 6.45) is 1.10. The van der Waals surface area contributed by atoms with Gasteiger partial charge in [0.1, 0.15) is 0 Å². The maximum absolute atomic E-state index is 2.22. The third-order valence-corrected chi connectivity index (χ3v) is 2.71. The molecule has 0 saturated carbocycles. The van der Waals surface area contributed by atoms with Gasteiger partial charge in [0, 0.05) is 0 Å². The van der Waals surface area contributed by atoms with Gasteiger partial charge in [-0.25, -0.2) is 0 Å². The lowest BCUT2D eigenvalue weighted by Gasteiger charge is -1.98. The standard InChI is InChI=1S/C13H10.FH/c1-3-7-12-10(5-1)9-11-6-2-4-8-13(11)12;/h1-8H,9H2;1H. The van der Waals surface area contributed by atoms with Gasteiger partial charge in [0.2, 0.25) is 0 Å². The van der Waals surface area contributed by atoms with Crippen LogP contribution in [0.25, 0.3) is 11.1 Å². The molecule has 0 aromatic heterocycles. The zero-order valence-electron chi connectivity index (χ0n) is 7.73. The van der Waals surface area contributed by atoms with Crippen LogP contribution in [0.15, 0.2) is 48.5 Å². The highest BCUT2D eigenvalue weighted by molar-refractivity contribution is 5.76. The highest BCUT2D eigenvalue weighted by Crippen LogP contribution is 2.35. The second-order valence-electron chi connectivity index (χ2n) is 3.49. The molecular formula is C13H11F. The number of halogens is 1. The topological polar surface area (TPSA) is 0 Å². The summed E-state index contributed by atoms with van der Waals surface area (Å²) < 4.78 is 0. The van der Waals surface area contributed by atoms with E-state index in [0.717, 1.165) is 6.42 Å². The van der Waals surface area contributed by atoms with Crippen LogP contribution in [0.1, 0.15) is 11.1 Å². The molecule has 0 nitrogen and oxygen atoms in total. The van der Waals surface area contributed by atoms with E-state index in [0.29, 0.717) is 0 Å². The number of hydrogen-bond donors (Lipinski definition) is 0. The molecule has 3 rings (SSSR count). The van der Waals surface area contributed by atoms with Crippen molar-refractivity contribution >= 4 is 0 Å². The Bertz CT molecular complexity index is 417. The Balaban J connectivity index is 0.000000750. The van der Waals surface area contributed by atoms with Crippen molar-refractivity contribution in [2.45, 2.75) is 6.42 Å². The molecule has 0 amide bonds. The highest BCUT2D eigenvalue weighted by Gasteiger charge is 2.15. The lowest BCUT2D eigenvalue weighted by atomic mass is 10.1. The Hall–Kier alpha value is -1.63. The van der Waals surface area contributed by atoms with E-state index in [9.17, 15) is 0 Å². The van der Waals surface area contributed by atoms with E-state index in [4.69, 9.17) is 0 Å². The Kier molecular flexibility index (Phi) is 2.08. The molecule has 14 heavy (non-hydrogen) atoms. The number of hydrogen-bond acceptors (Lipinski definition) is 0. The average Bonchev–Trinajstić information content (AvgIpc) is 2.56. The summed E-state index contributed by atoms with van der Waals surface area (Å²) in [6, 6.07) is 17.3. The Labute approximate surface area is 82.6 Å². The highest BCUT2D eigenvalue weighted by atomic mass is 19.0. The molecule has 0 atom stereocenters. The maximum atomic E-state index is 2.22. The van der Waals surface area contributed by atoms with E-state index in [1.807, 2.05) is 0 Å². The van der Waals surface area contributed by atoms with Crippen molar-refractivity contribution in [1.29, 1.82) is 0 Å². The lowest BCUT2D eigenvalue weighted by Crippen LogP contribution is -1.77. The molecule has 1 aliphatic rings. The minimum atomic E-state index is 0. The minimum absolute atomic E-state index is 0. The summed E-state index contributed by atoms with van der Waals surface area (Å²) in [6.45, 7) is 0. The van der Waals surface area contributed by atoms with Crippen LogP contribution in [0.4, 0.5) is 4.70 Å². The molecule has 0 fully saturated rings. The molecule has 0 unspecified atom stereocenters. The smallest absolute Gasteiger partial charge is 0.00135 e. The van der Waals surface area contributed by atoms with Crippen LogP contribution in [0.5, 0.6) is 0 Å². The summed E-state index contributed by atoms with van der Waals surface area (Å²) in [4.78, 5) is 0. The number of rotatable bonds is 0. The van der Waals surface area contributed by atoms with Gasteiger partial charge in [0.25, 0.3) is 0 Å². The van der Waals surface area contributed by atoms with Crippen molar-refractivity contribution in [2.24, 2.45) is 0 Å². The van der Waals surface area contributed by atoms with Crippen molar-refractivity contribution in [1.82, 2.24) is 0 Å². The van der Waals surface area contributed by atoms with Gasteiger partial charge in [-0.05, 0) is 28.7 Å². The average molecular weight is 186 g/mol. The van der Waals surface area contributed by atoms with E-state index < -0.39 is 0 Å². The zero-order chi connectivity index (χ0) is 8.67. The van der Waals surface area contributed by atoms with Crippen molar-refractivity contribution in [2.75, 3.05) is 0 Å². The van der Waals surface area contributed by atoms with Crippen molar-refractivity contribution in [3.63, 3.8) is 0 Å². The largest absolute Gasteiger partial charge is 0.269 e. The molecule has 70 valence electrons. The van der Waals surface area contributed by atoms with Crippen molar-refractivity contribution in [3.8, 4) is 11.1 Å². The van der Waals surface area contributed by atoms with Gasteiger partial charge in [-0.3, -0.25) is 4.70 Å². The van der Waals surface area contributed by atoms with Crippen LogP contribution in [-0.2, 0) is 6.42 Å². The minimum Gasteiger partial charge on any atom is -0.269 e. The number of benzene rings is 2. The first-order valence-corrected chi connectivity index (χ1v) is 4.61. The summed E-state index contributed by atoms with van der Waals surface area (Å²) in [5.41, 5.74) is 5.75. The monoisotopic (exact) mass is 186 g/mol. The summed E-state index contributed by atoms with van der Waals surface area (Å²) >= 11 is 0. The molecule has 2 aromatic rings. The van der Waals surface area contributed by atoms with Crippen LogP contribution in [0.2, 0.25) is 0 Å². The van der Waals surface area contributed by atoms with E-state index in [-0.39, 0.29) is 4.70 Å². The molecule has 0 saturated heterocycles. The second-order valence-corrected chi connectivity index (χ2v) is 3.49. The normalized spacial score (nSPS) is 11.4. The predicted molar refractivity (Wildman–Crippen MR) is 57.2 cm³/mol. The second kappa shape index (κ2) is 3.26. The fraction of sp³-hybridized carbons (Fsp3) is 0.0769. The van der Waals surface area contributed by atoms with Crippen LogP contribution >= 0.6 is 0 Å². The van der Waals surface area contributed by atoms with Gasteiger partial charge in [-0.1, -0.05) is 48.5 Å². The molecule has 2 aromatic carbocycles. The SMILES string of the molecule is F.c1ccc2c(c1)Cc1ccccc1-2. The lowest BCUT2D eigenvalue weighted by molar-refractivity contribution is 1.11. The van der Waals surface area contributed by atoms with Gasteiger partial charge >= 0.3 is 0 Å². The first-order valence-electron chi connectivity index (χ1n) is 4.61. The van der Waals surface area contributed by atoms with E-state index in [2.05, 4.69) is 48.5 Å². The molecule has 0 spiro atoms. The first-order chi connectivity index (χ1) is 6.45. The fourth-order valence-corrected chi connectivity index (χ4v) is 2.08. The molecule has 0 N–H and O–H groups in total. The third kappa shape index (κ3) is 1.13. The van der Waals surface area contributed by atoms with Crippen LogP contribution in [0.3, 0.4) is 0 Å². The molecule has 0 heterocycles. The van der Waals surface area contributed by atoms with Gasteiger partial charge in [0.05, 0.1) is 0 Å². The molecule has 0 bridgehead atoms. The maximum Gasteiger partial charge on any atom is -0.00135 e.